The quantitative estimate of drug-likeness (QED) is 0.256. The van der Waals surface area contributed by atoms with Crippen LogP contribution in [0.15, 0.2) is 11.9 Å². The number of aliphatic hydroxyl groups excluding tert-OH is 1. The molecule has 0 aromatic rings. The Morgan fingerprint density at radius 1 is 0.833 bits per heavy atom. The van der Waals surface area contributed by atoms with Crippen molar-refractivity contribution in [2.45, 2.75) is 70.6 Å². The largest absolute Gasteiger partial charge is 0.389 e. The summed E-state index contributed by atoms with van der Waals surface area (Å²) in [5.41, 5.74) is 0. The molecule has 0 atom stereocenters. The molecule has 0 amide bonds. The van der Waals surface area contributed by atoms with E-state index >= 15 is 0 Å². The number of rotatable bonds is 13. The van der Waals surface area contributed by atoms with E-state index in [1.165, 1.54) is 68.3 Å². The molecule has 0 aliphatic heterocycles. The van der Waals surface area contributed by atoms with Crippen LogP contribution in [0.3, 0.4) is 0 Å². The van der Waals surface area contributed by atoms with Crippen LogP contribution in [0.4, 0.5) is 4.39 Å². The topological polar surface area (TPSA) is 20.2 Å². The second-order valence-corrected chi connectivity index (χ2v) is 5.90. The third-order valence-corrected chi connectivity index (χ3v) is 3.87. The maximum absolute atomic E-state index is 12.5. The Labute approximate surface area is 125 Å². The Hall–Kier alpha value is 0.360. The summed E-state index contributed by atoms with van der Waals surface area (Å²) < 4.78 is 13.8. The molecule has 0 aliphatic rings. The van der Waals surface area contributed by atoms with Gasteiger partial charge in [-0.25, -0.2) is 4.39 Å². The highest BCUT2D eigenvalue weighted by molar-refractivity contribution is 14.1. The minimum atomic E-state index is -0.447. The highest BCUT2D eigenvalue weighted by Crippen LogP contribution is 2.12. The van der Waals surface area contributed by atoms with E-state index in [4.69, 9.17) is 5.11 Å². The lowest BCUT2D eigenvalue weighted by Gasteiger charge is -2.01. The predicted molar refractivity (Wildman–Crippen MR) is 86.0 cm³/mol. The average molecular weight is 370 g/mol. The van der Waals surface area contributed by atoms with Crippen LogP contribution in [-0.2, 0) is 0 Å². The molecule has 18 heavy (non-hydrogen) atoms. The van der Waals surface area contributed by atoms with Crippen molar-refractivity contribution in [3.63, 3.8) is 0 Å². The van der Waals surface area contributed by atoms with Gasteiger partial charge < -0.3 is 5.11 Å². The molecular weight excluding hydrogens is 342 g/mol. The first kappa shape index (κ1) is 18.4. The normalized spacial score (nSPS) is 12.1. The van der Waals surface area contributed by atoms with Crippen LogP contribution in [0.5, 0.6) is 0 Å². The minimum Gasteiger partial charge on any atom is -0.389 e. The van der Waals surface area contributed by atoms with E-state index < -0.39 is 6.61 Å². The van der Waals surface area contributed by atoms with Crippen LogP contribution < -0.4 is 0 Å². The Bertz CT molecular complexity index is 195. The maximum Gasteiger partial charge on any atom is 0.121 e. The number of aliphatic hydroxyl groups is 1. The van der Waals surface area contributed by atoms with Crippen molar-refractivity contribution in [2.24, 2.45) is 0 Å². The van der Waals surface area contributed by atoms with Crippen molar-refractivity contribution in [1.82, 2.24) is 0 Å². The van der Waals surface area contributed by atoms with E-state index in [1.54, 1.807) is 0 Å². The Morgan fingerprint density at radius 2 is 1.28 bits per heavy atom. The van der Waals surface area contributed by atoms with Gasteiger partial charge in [-0.05, 0) is 23.7 Å². The lowest BCUT2D eigenvalue weighted by Crippen LogP contribution is -1.84. The minimum absolute atomic E-state index is 0.387. The van der Waals surface area contributed by atoms with Gasteiger partial charge in [-0.1, -0.05) is 80.0 Å². The molecule has 0 fully saturated rings. The zero-order chi connectivity index (χ0) is 13.5. The molecule has 1 nitrogen and oxygen atoms in total. The van der Waals surface area contributed by atoms with Crippen molar-refractivity contribution < 1.29 is 9.50 Å². The fourth-order valence-corrected chi connectivity index (χ4v) is 2.52. The van der Waals surface area contributed by atoms with Crippen LogP contribution in [0.2, 0.25) is 0 Å². The third kappa shape index (κ3) is 14.4. The van der Waals surface area contributed by atoms with Gasteiger partial charge in [-0.15, -0.1) is 0 Å². The Kier molecular flexibility index (Phi) is 15.7. The first-order valence-corrected chi connectivity index (χ1v) is 8.85. The second-order valence-electron chi connectivity index (χ2n) is 4.82. The molecule has 0 heterocycles. The SMILES string of the molecule is OCC(F)=CCCCCCCCCCCCCI. The molecule has 0 rings (SSSR count). The molecule has 0 unspecified atom stereocenters. The fraction of sp³-hybridized carbons (Fsp3) is 0.867. The van der Waals surface area contributed by atoms with Crippen LogP contribution >= 0.6 is 22.6 Å². The number of allylic oxidation sites excluding steroid dienone is 1. The summed E-state index contributed by atoms with van der Waals surface area (Å²) in [6, 6.07) is 0. The number of halogens is 2. The number of unbranched alkanes of at least 4 members (excludes halogenated alkanes) is 10. The lowest BCUT2D eigenvalue weighted by atomic mass is 10.1. The van der Waals surface area contributed by atoms with E-state index in [2.05, 4.69) is 22.6 Å². The molecule has 0 radical (unpaired) electrons. The highest BCUT2D eigenvalue weighted by Gasteiger charge is 1.93. The van der Waals surface area contributed by atoms with Gasteiger partial charge in [-0.2, -0.15) is 0 Å². The van der Waals surface area contributed by atoms with Crippen molar-refractivity contribution in [1.29, 1.82) is 0 Å². The summed E-state index contributed by atoms with van der Waals surface area (Å²) in [5.74, 6) is -0.387. The van der Waals surface area contributed by atoms with Crippen LogP contribution in [0.25, 0.3) is 0 Å². The van der Waals surface area contributed by atoms with Gasteiger partial charge in [0.1, 0.15) is 5.83 Å². The van der Waals surface area contributed by atoms with E-state index in [9.17, 15) is 4.39 Å². The summed E-state index contributed by atoms with van der Waals surface area (Å²) in [4.78, 5) is 0. The smallest absolute Gasteiger partial charge is 0.121 e. The zero-order valence-electron chi connectivity index (χ0n) is 11.5. The molecule has 0 aliphatic carbocycles. The van der Waals surface area contributed by atoms with Gasteiger partial charge in [0.2, 0.25) is 0 Å². The van der Waals surface area contributed by atoms with Gasteiger partial charge in [-0.3, -0.25) is 0 Å². The van der Waals surface area contributed by atoms with Gasteiger partial charge in [0.15, 0.2) is 0 Å². The first-order chi connectivity index (χ1) is 8.81. The van der Waals surface area contributed by atoms with Gasteiger partial charge in [0.05, 0.1) is 6.61 Å². The second kappa shape index (κ2) is 15.4. The van der Waals surface area contributed by atoms with Crippen LogP contribution in [-0.4, -0.2) is 16.1 Å². The summed E-state index contributed by atoms with van der Waals surface area (Å²) >= 11 is 2.44. The molecule has 0 saturated heterocycles. The Morgan fingerprint density at radius 3 is 1.72 bits per heavy atom. The van der Waals surface area contributed by atoms with Crippen molar-refractivity contribution in [2.75, 3.05) is 11.0 Å². The van der Waals surface area contributed by atoms with Crippen LogP contribution in [0.1, 0.15) is 70.6 Å². The van der Waals surface area contributed by atoms with E-state index in [1.807, 2.05) is 0 Å². The summed E-state index contributed by atoms with van der Waals surface area (Å²) in [6.45, 7) is -0.447. The van der Waals surface area contributed by atoms with E-state index in [-0.39, 0.29) is 5.83 Å². The van der Waals surface area contributed by atoms with Gasteiger partial charge >= 0.3 is 0 Å². The van der Waals surface area contributed by atoms with E-state index in [0.29, 0.717) is 0 Å². The monoisotopic (exact) mass is 370 g/mol. The van der Waals surface area contributed by atoms with Crippen LogP contribution in [0, 0.1) is 0 Å². The van der Waals surface area contributed by atoms with Crippen molar-refractivity contribution in [3.8, 4) is 0 Å². The first-order valence-electron chi connectivity index (χ1n) is 7.32. The molecule has 1 N–H and O–H groups in total. The number of alkyl halides is 1. The van der Waals surface area contributed by atoms with Crippen molar-refractivity contribution >= 4 is 22.6 Å². The molecule has 0 aromatic carbocycles. The zero-order valence-corrected chi connectivity index (χ0v) is 13.6. The van der Waals surface area contributed by atoms with Gasteiger partial charge in [0.25, 0.3) is 0 Å². The third-order valence-electron chi connectivity index (χ3n) is 3.10. The molecule has 3 heteroatoms. The standard InChI is InChI=1S/C15H28FIO/c16-15(14-18)12-10-8-6-4-2-1-3-5-7-9-11-13-17/h12,18H,1-11,13-14H2. The predicted octanol–water partition coefficient (Wildman–Crippen LogP) is 5.56. The maximum atomic E-state index is 12.5. The number of hydrogen-bond acceptors (Lipinski definition) is 1. The number of hydrogen-bond donors (Lipinski definition) is 1. The highest BCUT2D eigenvalue weighted by atomic mass is 127. The van der Waals surface area contributed by atoms with Crippen molar-refractivity contribution in [3.05, 3.63) is 11.9 Å². The molecule has 0 bridgehead atoms. The van der Waals surface area contributed by atoms with Gasteiger partial charge in [0, 0.05) is 0 Å². The summed E-state index contributed by atoms with van der Waals surface area (Å²) in [6.07, 6.45) is 15.4. The molecule has 0 spiro atoms. The lowest BCUT2D eigenvalue weighted by molar-refractivity contribution is 0.297. The van der Waals surface area contributed by atoms with E-state index in [0.717, 1.165) is 12.8 Å². The Balaban J connectivity index is 3.03. The molecule has 0 aromatic heterocycles. The fourth-order valence-electron chi connectivity index (χ4n) is 1.98. The average Bonchev–Trinajstić information content (AvgIpc) is 2.39. The summed E-state index contributed by atoms with van der Waals surface area (Å²) in [5, 5.41) is 8.47. The summed E-state index contributed by atoms with van der Waals surface area (Å²) in [7, 11) is 0. The molecular formula is C15H28FIO. The molecule has 108 valence electrons. The molecule has 0 saturated carbocycles.